The predicted molar refractivity (Wildman–Crippen MR) is 119 cm³/mol. The van der Waals surface area contributed by atoms with Crippen molar-refractivity contribution >= 4 is 18.8 Å². The maximum Gasteiger partial charge on any atom is 0.198 e. The van der Waals surface area contributed by atoms with Crippen molar-refractivity contribution < 1.29 is 9.30 Å². The smallest absolute Gasteiger partial charge is 0.198 e. The van der Waals surface area contributed by atoms with Gasteiger partial charge in [0.1, 0.15) is 11.5 Å². The summed E-state index contributed by atoms with van der Waals surface area (Å²) in [4.78, 5) is 0. The van der Waals surface area contributed by atoms with Gasteiger partial charge in [0.2, 0.25) is 0 Å². The molecular weight excluding hydrogens is 377 g/mol. The molecular formula is C25H28NO2P. The second-order valence-corrected chi connectivity index (χ2v) is 11.0. The monoisotopic (exact) mass is 405 g/mol. The third-order valence-electron chi connectivity index (χ3n) is 6.80. The average Bonchev–Trinajstić information content (AvgIpc) is 3.38. The quantitative estimate of drug-likeness (QED) is 0.562. The summed E-state index contributed by atoms with van der Waals surface area (Å²) in [5.41, 5.74) is 1.90. The number of hydrogen-bond acceptors (Lipinski definition) is 2. The Morgan fingerprint density at radius 3 is 1.97 bits per heavy atom. The van der Waals surface area contributed by atoms with Gasteiger partial charge < -0.3 is 4.74 Å². The van der Waals surface area contributed by atoms with Gasteiger partial charge in [0.25, 0.3) is 0 Å². The summed E-state index contributed by atoms with van der Waals surface area (Å²) in [6, 6.07) is 20.1. The van der Waals surface area contributed by atoms with Crippen LogP contribution in [-0.4, -0.2) is 6.04 Å². The van der Waals surface area contributed by atoms with Gasteiger partial charge in [-0.05, 0) is 43.9 Å². The molecule has 150 valence electrons. The van der Waals surface area contributed by atoms with Gasteiger partial charge in [-0.25, -0.2) is 0 Å². The van der Waals surface area contributed by atoms with Gasteiger partial charge in [-0.3, -0.25) is 9.65 Å². The fraction of sp³-hybridized carbons (Fsp3) is 0.360. The van der Waals surface area contributed by atoms with E-state index < -0.39 is 7.29 Å². The van der Waals surface area contributed by atoms with E-state index in [0.717, 1.165) is 23.0 Å². The van der Waals surface area contributed by atoms with Crippen LogP contribution in [0.15, 0.2) is 72.3 Å². The van der Waals surface area contributed by atoms with E-state index in [1.807, 2.05) is 72.3 Å². The van der Waals surface area contributed by atoms with Crippen LogP contribution in [0.3, 0.4) is 0 Å². The highest BCUT2D eigenvalue weighted by atomic mass is 31.2. The number of rotatable bonds is 5. The van der Waals surface area contributed by atoms with Crippen LogP contribution in [0.4, 0.5) is 0 Å². The zero-order chi connectivity index (χ0) is 19.8. The molecule has 0 unspecified atom stereocenters. The molecule has 2 aliphatic carbocycles. The molecule has 5 rings (SSSR count). The topological polar surface area (TPSA) is 38.3 Å². The summed E-state index contributed by atoms with van der Waals surface area (Å²) < 4.78 is 20.3. The maximum atomic E-state index is 14.0. The Morgan fingerprint density at radius 1 is 0.897 bits per heavy atom. The molecule has 2 aromatic rings. The molecule has 29 heavy (non-hydrogen) atoms. The molecule has 0 spiro atoms. The number of benzene rings is 2. The molecule has 4 heteroatoms. The first kappa shape index (κ1) is 18.9. The molecule has 0 saturated heterocycles. The van der Waals surface area contributed by atoms with Gasteiger partial charge in [0.15, 0.2) is 7.29 Å². The Kier molecular flexibility index (Phi) is 4.97. The van der Waals surface area contributed by atoms with Crippen molar-refractivity contribution in [1.82, 2.24) is 5.09 Å². The lowest BCUT2D eigenvalue weighted by atomic mass is 9.84. The van der Waals surface area contributed by atoms with Crippen molar-refractivity contribution in [3.8, 4) is 0 Å². The van der Waals surface area contributed by atoms with E-state index in [2.05, 4.69) is 12.0 Å². The number of hydrogen-bond donors (Lipinski definition) is 1. The molecule has 2 fully saturated rings. The largest absolute Gasteiger partial charge is 0.456 e. The molecule has 1 heterocycles. The van der Waals surface area contributed by atoms with E-state index in [1.54, 1.807) is 0 Å². The van der Waals surface area contributed by atoms with Crippen molar-refractivity contribution in [3.63, 3.8) is 0 Å². The van der Waals surface area contributed by atoms with Gasteiger partial charge in [-0.1, -0.05) is 67.1 Å². The van der Waals surface area contributed by atoms with Crippen molar-refractivity contribution in [2.75, 3.05) is 0 Å². The Balaban J connectivity index is 1.47. The normalized spacial score (nSPS) is 28.4. The molecule has 4 atom stereocenters. The molecule has 0 radical (unpaired) electrons. The lowest BCUT2D eigenvalue weighted by Crippen LogP contribution is -2.34. The van der Waals surface area contributed by atoms with E-state index in [0.29, 0.717) is 17.4 Å². The van der Waals surface area contributed by atoms with Crippen LogP contribution in [0.5, 0.6) is 0 Å². The van der Waals surface area contributed by atoms with Crippen molar-refractivity contribution in [3.05, 3.63) is 83.4 Å². The van der Waals surface area contributed by atoms with Crippen LogP contribution in [0.25, 0.3) is 11.5 Å². The van der Waals surface area contributed by atoms with E-state index in [9.17, 15) is 4.57 Å². The summed E-state index contributed by atoms with van der Waals surface area (Å²) >= 11 is 0. The number of ether oxygens (including phenoxy) is 1. The van der Waals surface area contributed by atoms with E-state index in [4.69, 9.17) is 4.74 Å². The van der Waals surface area contributed by atoms with Gasteiger partial charge in [0.05, 0.1) is 0 Å². The standard InChI is InChI=1S/C25H28NO2P/c1-18(23-15-19-12-13-22(23)14-19)26-29(27)16-24(20-8-4-2-5-9-20)28-25(17-29)21-10-6-3-7-11-21/h2-11,16-19,22-23H,12-15H2,1H3,(H,26,27)/t18-,19-,22-,23-/m1/s1. The van der Waals surface area contributed by atoms with Gasteiger partial charge in [-0.2, -0.15) is 0 Å². The molecule has 1 N–H and O–H groups in total. The van der Waals surface area contributed by atoms with Crippen LogP contribution >= 0.6 is 7.29 Å². The molecule has 2 aromatic carbocycles. The van der Waals surface area contributed by atoms with Gasteiger partial charge >= 0.3 is 0 Å². The molecule has 2 saturated carbocycles. The molecule has 0 aromatic heterocycles. The highest BCUT2D eigenvalue weighted by Crippen LogP contribution is 2.56. The lowest BCUT2D eigenvalue weighted by Gasteiger charge is -2.32. The van der Waals surface area contributed by atoms with Crippen molar-refractivity contribution in [2.24, 2.45) is 17.8 Å². The van der Waals surface area contributed by atoms with Crippen molar-refractivity contribution in [1.29, 1.82) is 0 Å². The third kappa shape index (κ3) is 3.86. The van der Waals surface area contributed by atoms with Gasteiger partial charge in [-0.15, -0.1) is 0 Å². The summed E-state index contributed by atoms with van der Waals surface area (Å²) in [5, 5.41) is 3.54. The first-order valence-corrected chi connectivity index (χ1v) is 12.6. The van der Waals surface area contributed by atoms with Gasteiger partial charge in [0, 0.05) is 28.8 Å². The summed E-state index contributed by atoms with van der Waals surface area (Å²) in [5.74, 6) is 7.29. The predicted octanol–water partition coefficient (Wildman–Crippen LogP) is 6.71. The molecule has 3 aliphatic rings. The lowest BCUT2D eigenvalue weighted by molar-refractivity contribution is 0.280. The Bertz CT molecular complexity index is 923. The first-order valence-electron chi connectivity index (χ1n) is 10.7. The minimum absolute atomic E-state index is 0.232. The molecule has 3 nitrogen and oxygen atoms in total. The minimum Gasteiger partial charge on any atom is -0.456 e. The molecule has 2 bridgehead atoms. The number of fused-ring (bicyclic) bond motifs is 2. The highest BCUT2D eigenvalue weighted by Gasteiger charge is 2.43. The minimum atomic E-state index is -2.89. The Labute approximate surface area is 173 Å². The van der Waals surface area contributed by atoms with E-state index >= 15 is 0 Å². The zero-order valence-corrected chi connectivity index (χ0v) is 17.7. The van der Waals surface area contributed by atoms with Crippen LogP contribution in [0.1, 0.15) is 43.7 Å². The second kappa shape index (κ2) is 7.63. The number of nitrogens with one attached hydrogen (secondary N) is 1. The van der Waals surface area contributed by atoms with Crippen LogP contribution in [0, 0.1) is 17.8 Å². The molecule has 1 aliphatic heterocycles. The summed E-state index contributed by atoms with van der Waals surface area (Å²) in [6.07, 6.45) is 5.36. The fourth-order valence-electron chi connectivity index (χ4n) is 5.42. The van der Waals surface area contributed by atoms with E-state index in [1.165, 1.54) is 25.7 Å². The van der Waals surface area contributed by atoms with Crippen LogP contribution in [-0.2, 0) is 9.30 Å². The second-order valence-electron chi connectivity index (χ2n) is 8.79. The highest BCUT2D eigenvalue weighted by molar-refractivity contribution is 7.68. The van der Waals surface area contributed by atoms with Crippen LogP contribution in [0.2, 0.25) is 0 Å². The summed E-state index contributed by atoms with van der Waals surface area (Å²) in [7, 11) is -2.89. The molecule has 0 amide bonds. The van der Waals surface area contributed by atoms with Crippen molar-refractivity contribution in [2.45, 2.75) is 38.6 Å². The zero-order valence-electron chi connectivity index (χ0n) is 16.8. The summed E-state index contributed by atoms with van der Waals surface area (Å²) in [6.45, 7) is 2.21. The SMILES string of the molecule is C[C@@H](NP1(=O)C=C(c2ccccc2)OC(c2ccccc2)=C1)[C@H]1C[C@@H]2CC[C@@H]1C2. The first-order chi connectivity index (χ1) is 14.1. The maximum absolute atomic E-state index is 14.0. The average molecular weight is 405 g/mol. The third-order valence-corrected chi connectivity index (χ3v) is 8.84. The van der Waals surface area contributed by atoms with E-state index in [-0.39, 0.29) is 6.04 Å². The Morgan fingerprint density at radius 2 is 1.48 bits per heavy atom. The Hall–Kier alpha value is -2.09. The fourth-order valence-corrected chi connectivity index (χ4v) is 7.58. The van der Waals surface area contributed by atoms with Crippen LogP contribution < -0.4 is 5.09 Å².